The third kappa shape index (κ3) is 37.6. The van der Waals surface area contributed by atoms with Crippen molar-refractivity contribution in [2.24, 2.45) is 0 Å². The summed E-state index contributed by atoms with van der Waals surface area (Å²) >= 11 is 0. The number of hydrogen-bond acceptors (Lipinski definition) is 7. The van der Waals surface area contributed by atoms with Crippen LogP contribution < -0.4 is 5.11 Å². The fourth-order valence-corrected chi connectivity index (χ4v) is 5.72. The van der Waals surface area contributed by atoms with Crippen molar-refractivity contribution >= 4 is 17.9 Å². The van der Waals surface area contributed by atoms with E-state index in [9.17, 15) is 19.5 Å². The van der Waals surface area contributed by atoms with Crippen LogP contribution in [0.15, 0.2) is 97.2 Å². The molecule has 0 heterocycles. The summed E-state index contributed by atoms with van der Waals surface area (Å²) in [4.78, 5) is 36.8. The summed E-state index contributed by atoms with van der Waals surface area (Å²) < 4.78 is 17.1. The Balaban J connectivity index is 4.40. The molecule has 0 saturated heterocycles. The average molecular weight is 794 g/mol. The lowest BCUT2D eigenvalue weighted by atomic mass is 10.1. The monoisotopic (exact) mass is 794 g/mol. The maximum Gasteiger partial charge on any atom is 0.306 e. The van der Waals surface area contributed by atoms with Crippen LogP contribution in [0.2, 0.25) is 0 Å². The maximum atomic E-state index is 12.7. The molecule has 2 unspecified atom stereocenters. The predicted molar refractivity (Wildman–Crippen MR) is 235 cm³/mol. The van der Waals surface area contributed by atoms with Crippen molar-refractivity contribution in [3.63, 3.8) is 0 Å². The van der Waals surface area contributed by atoms with Crippen molar-refractivity contribution in [2.45, 2.75) is 154 Å². The molecule has 322 valence electrons. The molecule has 0 aromatic heterocycles. The van der Waals surface area contributed by atoms with Crippen LogP contribution in [-0.2, 0) is 28.6 Å². The van der Waals surface area contributed by atoms with Crippen molar-refractivity contribution < 1.29 is 38.2 Å². The van der Waals surface area contributed by atoms with Gasteiger partial charge in [0.05, 0.1) is 40.3 Å². The molecule has 0 radical (unpaired) electrons. The molecule has 2 atom stereocenters. The van der Waals surface area contributed by atoms with Crippen molar-refractivity contribution in [2.75, 3.05) is 41.0 Å². The van der Waals surface area contributed by atoms with E-state index >= 15 is 0 Å². The second kappa shape index (κ2) is 39.1. The lowest BCUT2D eigenvalue weighted by Gasteiger charge is -2.34. The van der Waals surface area contributed by atoms with Gasteiger partial charge in [-0.2, -0.15) is 0 Å². The predicted octanol–water partition coefficient (Wildman–Crippen LogP) is 10.6. The van der Waals surface area contributed by atoms with Crippen molar-refractivity contribution in [1.29, 1.82) is 0 Å². The minimum absolute atomic E-state index is 0.0145. The standard InChI is InChI=1S/C49H79NO7/c1-6-8-10-12-14-16-18-20-21-22-23-24-25-26-28-29-31-33-35-37-39-47(51)56-44-45(43-55-42-41-46(49(53)54)50(3,4)5)57-48(52)40-38-36-34-32-30-27-19-17-15-13-11-9-7-2/h8-11,13-17,19-21,23-24,27,30,45-46H,6-7,12,18,22,25-26,28-29,31-44H2,1-5H3/b10-8+,11-9+,15-13+,16-14+,19-17+,21-20+,24-23+,30-27+. The highest BCUT2D eigenvalue weighted by Crippen LogP contribution is 2.12. The number of aliphatic carboxylic acids is 1. The molecule has 0 bridgehead atoms. The SMILES string of the molecule is CC/C=C/C=C/C=C/C=C/CCCCCC(=O)OC(COCCC(C(=O)[O-])[N+](C)(C)C)COC(=O)CCCCCCCCC/C=C/C/C=C/C/C=C/C/C=C/CC. The number of esters is 2. The van der Waals surface area contributed by atoms with E-state index in [1.807, 2.05) is 36.5 Å². The van der Waals surface area contributed by atoms with Gasteiger partial charge in [0.2, 0.25) is 0 Å². The van der Waals surface area contributed by atoms with Crippen LogP contribution >= 0.6 is 0 Å². The van der Waals surface area contributed by atoms with Crippen LogP contribution in [0.4, 0.5) is 0 Å². The van der Waals surface area contributed by atoms with Crippen LogP contribution in [0.5, 0.6) is 0 Å². The molecule has 0 rings (SSSR count). The van der Waals surface area contributed by atoms with Crippen molar-refractivity contribution in [3.8, 4) is 0 Å². The topological polar surface area (TPSA) is 102 Å². The number of likely N-dealkylation sites (N-methyl/N-ethyl adjacent to an activating group) is 1. The molecule has 0 amide bonds. The van der Waals surface area contributed by atoms with E-state index in [1.165, 1.54) is 19.3 Å². The van der Waals surface area contributed by atoms with Gasteiger partial charge in [0.25, 0.3) is 0 Å². The summed E-state index contributed by atoms with van der Waals surface area (Å²) in [5.74, 6) is -1.82. The number of allylic oxidation sites excluding steroid dienone is 16. The first-order chi connectivity index (χ1) is 27.6. The summed E-state index contributed by atoms with van der Waals surface area (Å²) in [6.07, 6.45) is 51.5. The Morgan fingerprint density at radius 1 is 0.544 bits per heavy atom. The van der Waals surface area contributed by atoms with Gasteiger partial charge in [-0.1, -0.05) is 150 Å². The van der Waals surface area contributed by atoms with Gasteiger partial charge in [-0.25, -0.2) is 0 Å². The average Bonchev–Trinajstić information content (AvgIpc) is 3.17. The van der Waals surface area contributed by atoms with E-state index in [0.29, 0.717) is 12.8 Å². The van der Waals surface area contributed by atoms with Gasteiger partial charge in [0.15, 0.2) is 6.10 Å². The Labute approximate surface area is 347 Å². The highest BCUT2D eigenvalue weighted by molar-refractivity contribution is 5.70. The van der Waals surface area contributed by atoms with E-state index in [4.69, 9.17) is 14.2 Å². The first-order valence-electron chi connectivity index (χ1n) is 21.8. The molecule has 8 heteroatoms. The molecule has 0 aliphatic rings. The zero-order valence-electron chi connectivity index (χ0n) is 36.5. The fraction of sp³-hybridized carbons (Fsp3) is 0.612. The van der Waals surface area contributed by atoms with Crippen LogP contribution in [-0.4, -0.2) is 75.5 Å². The van der Waals surface area contributed by atoms with Crippen LogP contribution in [0.1, 0.15) is 142 Å². The second-order valence-corrected chi connectivity index (χ2v) is 15.3. The lowest BCUT2D eigenvalue weighted by Crippen LogP contribution is -2.55. The molecule has 0 spiro atoms. The van der Waals surface area contributed by atoms with Crippen LogP contribution in [0.3, 0.4) is 0 Å². The smallest absolute Gasteiger partial charge is 0.306 e. The number of rotatable bonds is 37. The zero-order valence-corrected chi connectivity index (χ0v) is 36.5. The fourth-order valence-electron chi connectivity index (χ4n) is 5.72. The molecule has 57 heavy (non-hydrogen) atoms. The number of unbranched alkanes of at least 4 members (excludes halogenated alkanes) is 10. The maximum absolute atomic E-state index is 12.7. The van der Waals surface area contributed by atoms with E-state index in [1.54, 1.807) is 21.1 Å². The molecule has 0 saturated carbocycles. The quantitative estimate of drug-likeness (QED) is 0.0203. The molecule has 8 nitrogen and oxygen atoms in total. The molecule has 0 aromatic carbocycles. The normalized spacial score (nSPS) is 13.9. The first-order valence-corrected chi connectivity index (χ1v) is 21.8. The number of carbonyl (C=O) groups excluding carboxylic acids is 3. The van der Waals surface area contributed by atoms with Gasteiger partial charge in [0, 0.05) is 19.3 Å². The number of carbonyl (C=O) groups is 3. The summed E-state index contributed by atoms with van der Waals surface area (Å²) in [7, 11) is 5.37. The summed E-state index contributed by atoms with van der Waals surface area (Å²) in [6, 6.07) is -0.740. The van der Waals surface area contributed by atoms with Crippen molar-refractivity contribution in [1.82, 2.24) is 0 Å². The van der Waals surface area contributed by atoms with Gasteiger partial charge >= 0.3 is 11.9 Å². The van der Waals surface area contributed by atoms with Gasteiger partial charge in [0.1, 0.15) is 12.6 Å². The minimum atomic E-state index is -1.14. The summed E-state index contributed by atoms with van der Waals surface area (Å²) in [5, 5.41) is 11.6. The molecular weight excluding hydrogens is 715 g/mol. The number of carboxylic acids is 1. The Morgan fingerprint density at radius 3 is 1.60 bits per heavy atom. The number of carboxylic acid groups (broad SMARTS) is 1. The van der Waals surface area contributed by atoms with Crippen LogP contribution in [0, 0.1) is 0 Å². The summed E-state index contributed by atoms with van der Waals surface area (Å²) in [5.41, 5.74) is 0. The first kappa shape index (κ1) is 53.2. The Bertz CT molecular complexity index is 1250. The minimum Gasteiger partial charge on any atom is -0.544 e. The molecule has 0 aromatic rings. The van der Waals surface area contributed by atoms with Crippen LogP contribution in [0.25, 0.3) is 0 Å². The second-order valence-electron chi connectivity index (χ2n) is 15.3. The lowest BCUT2D eigenvalue weighted by molar-refractivity contribution is -0.889. The van der Waals surface area contributed by atoms with Gasteiger partial charge in [-0.05, 0) is 70.6 Å². The van der Waals surface area contributed by atoms with E-state index in [-0.39, 0.29) is 49.1 Å². The third-order valence-corrected chi connectivity index (χ3v) is 9.06. The van der Waals surface area contributed by atoms with Gasteiger partial charge in [-0.3, -0.25) is 9.59 Å². The Kier molecular flexibility index (Phi) is 36.5. The van der Waals surface area contributed by atoms with Crippen molar-refractivity contribution in [3.05, 3.63) is 97.2 Å². The van der Waals surface area contributed by atoms with Gasteiger partial charge in [-0.15, -0.1) is 0 Å². The molecular formula is C49H79NO7. The largest absolute Gasteiger partial charge is 0.544 e. The number of quaternary nitrogens is 1. The number of hydrogen-bond donors (Lipinski definition) is 0. The van der Waals surface area contributed by atoms with E-state index in [2.05, 4.69) is 74.6 Å². The summed E-state index contributed by atoms with van der Waals surface area (Å²) in [6.45, 7) is 4.33. The number of ether oxygens (including phenoxy) is 3. The van der Waals surface area contributed by atoms with E-state index < -0.39 is 18.1 Å². The zero-order chi connectivity index (χ0) is 42.1. The molecule has 0 N–H and O–H groups in total. The molecule has 0 aliphatic carbocycles. The highest BCUT2D eigenvalue weighted by atomic mass is 16.6. The Hall–Kier alpha value is -3.75. The number of nitrogens with zero attached hydrogens (tertiary/aromatic N) is 1. The highest BCUT2D eigenvalue weighted by Gasteiger charge is 2.25. The molecule has 0 fully saturated rings. The van der Waals surface area contributed by atoms with Gasteiger partial charge < -0.3 is 28.6 Å². The van der Waals surface area contributed by atoms with E-state index in [0.717, 1.165) is 83.5 Å². The third-order valence-electron chi connectivity index (χ3n) is 9.06. The molecule has 0 aliphatic heterocycles. The Morgan fingerprint density at radius 2 is 1.02 bits per heavy atom.